The molecule has 2 rings (SSSR count). The van der Waals surface area contributed by atoms with Crippen molar-refractivity contribution in [1.82, 2.24) is 9.55 Å². The van der Waals surface area contributed by atoms with Crippen LogP contribution in [0.2, 0.25) is 0 Å². The molecule has 0 unspecified atom stereocenters. The van der Waals surface area contributed by atoms with Crippen LogP contribution in [0.1, 0.15) is 33.1 Å². The zero-order chi connectivity index (χ0) is 10.7. The Balaban J connectivity index is 1.80. The molecule has 3 heteroatoms. The molecule has 84 valence electrons. The van der Waals surface area contributed by atoms with Gasteiger partial charge in [-0.05, 0) is 18.3 Å². The van der Waals surface area contributed by atoms with Crippen LogP contribution in [0.3, 0.4) is 0 Å². The van der Waals surface area contributed by atoms with E-state index in [1.165, 1.54) is 19.3 Å². The third-order valence-corrected chi connectivity index (χ3v) is 2.81. The van der Waals surface area contributed by atoms with E-state index in [0.717, 1.165) is 25.0 Å². The lowest BCUT2D eigenvalue weighted by atomic mass is 10.2. The van der Waals surface area contributed by atoms with Crippen LogP contribution in [0, 0.1) is 11.8 Å². The fourth-order valence-corrected chi connectivity index (χ4v) is 1.81. The van der Waals surface area contributed by atoms with Crippen LogP contribution in [-0.2, 0) is 6.54 Å². The molecule has 0 saturated heterocycles. The van der Waals surface area contributed by atoms with E-state index in [1.54, 1.807) is 0 Å². The number of hydrogen-bond acceptors (Lipinski definition) is 2. The Kier molecular flexibility index (Phi) is 3.29. The molecule has 1 fully saturated rings. The minimum Gasteiger partial charge on any atom is -0.356 e. The van der Waals surface area contributed by atoms with Crippen molar-refractivity contribution in [1.29, 1.82) is 0 Å². The summed E-state index contributed by atoms with van der Waals surface area (Å²) < 4.78 is 2.21. The second kappa shape index (κ2) is 4.69. The summed E-state index contributed by atoms with van der Waals surface area (Å²) in [6.07, 6.45) is 8.10. The van der Waals surface area contributed by atoms with Gasteiger partial charge < -0.3 is 9.88 Å². The van der Waals surface area contributed by atoms with E-state index in [-0.39, 0.29) is 0 Å². The first kappa shape index (κ1) is 10.5. The zero-order valence-corrected chi connectivity index (χ0v) is 9.74. The third kappa shape index (κ3) is 3.26. The van der Waals surface area contributed by atoms with Crippen molar-refractivity contribution in [2.45, 2.75) is 39.7 Å². The molecule has 0 spiro atoms. The first-order valence-corrected chi connectivity index (χ1v) is 6.00. The average Bonchev–Trinajstić information content (AvgIpc) is 2.89. The molecular formula is C12H21N3. The zero-order valence-electron chi connectivity index (χ0n) is 9.74. The highest BCUT2D eigenvalue weighted by Gasteiger charge is 2.20. The lowest BCUT2D eigenvalue weighted by Crippen LogP contribution is -2.11. The molecule has 3 nitrogen and oxygen atoms in total. The van der Waals surface area contributed by atoms with Gasteiger partial charge in [-0.15, -0.1) is 0 Å². The van der Waals surface area contributed by atoms with E-state index < -0.39 is 0 Å². The number of aromatic nitrogens is 2. The summed E-state index contributed by atoms with van der Waals surface area (Å²) >= 11 is 0. The topological polar surface area (TPSA) is 29.9 Å². The van der Waals surface area contributed by atoms with Crippen molar-refractivity contribution < 1.29 is 0 Å². The predicted molar refractivity (Wildman–Crippen MR) is 62.9 cm³/mol. The number of anilines is 1. The molecule has 0 amide bonds. The SMILES string of the molecule is CC(C)Cn1ccnc1NCCC1CC1. The molecular weight excluding hydrogens is 186 g/mol. The van der Waals surface area contributed by atoms with Gasteiger partial charge >= 0.3 is 0 Å². The van der Waals surface area contributed by atoms with Gasteiger partial charge in [-0.3, -0.25) is 0 Å². The van der Waals surface area contributed by atoms with Crippen LogP contribution >= 0.6 is 0 Å². The van der Waals surface area contributed by atoms with Gasteiger partial charge in [-0.25, -0.2) is 4.98 Å². The Morgan fingerprint density at radius 2 is 2.33 bits per heavy atom. The quantitative estimate of drug-likeness (QED) is 0.777. The highest BCUT2D eigenvalue weighted by molar-refractivity contribution is 5.25. The maximum Gasteiger partial charge on any atom is 0.202 e. The van der Waals surface area contributed by atoms with Gasteiger partial charge in [0.25, 0.3) is 0 Å². The van der Waals surface area contributed by atoms with Crippen LogP contribution < -0.4 is 5.32 Å². The summed E-state index contributed by atoms with van der Waals surface area (Å²) in [4.78, 5) is 4.34. The van der Waals surface area contributed by atoms with Crippen molar-refractivity contribution in [2.75, 3.05) is 11.9 Å². The molecule has 1 saturated carbocycles. The summed E-state index contributed by atoms with van der Waals surface area (Å²) in [5.41, 5.74) is 0. The van der Waals surface area contributed by atoms with Crippen molar-refractivity contribution >= 4 is 5.95 Å². The fourth-order valence-electron chi connectivity index (χ4n) is 1.81. The van der Waals surface area contributed by atoms with Crippen molar-refractivity contribution in [2.24, 2.45) is 11.8 Å². The molecule has 0 bridgehead atoms. The molecule has 0 radical (unpaired) electrons. The number of imidazole rings is 1. The van der Waals surface area contributed by atoms with Gasteiger partial charge in [0, 0.05) is 25.5 Å². The normalized spacial score (nSPS) is 15.9. The van der Waals surface area contributed by atoms with E-state index in [2.05, 4.69) is 34.9 Å². The molecule has 15 heavy (non-hydrogen) atoms. The largest absolute Gasteiger partial charge is 0.356 e. The molecule has 0 aliphatic heterocycles. The predicted octanol–water partition coefficient (Wildman–Crippen LogP) is 2.75. The second-order valence-corrected chi connectivity index (χ2v) is 4.96. The van der Waals surface area contributed by atoms with Gasteiger partial charge in [-0.1, -0.05) is 26.7 Å². The summed E-state index contributed by atoms with van der Waals surface area (Å²) in [7, 11) is 0. The van der Waals surface area contributed by atoms with Crippen molar-refractivity contribution in [3.63, 3.8) is 0 Å². The number of nitrogens with zero attached hydrogens (tertiary/aromatic N) is 2. The first-order chi connectivity index (χ1) is 7.25. The molecule has 1 aromatic heterocycles. The Morgan fingerprint density at radius 1 is 1.53 bits per heavy atom. The van der Waals surface area contributed by atoms with Crippen LogP contribution in [0.15, 0.2) is 12.4 Å². The maximum absolute atomic E-state index is 4.34. The maximum atomic E-state index is 4.34. The highest BCUT2D eigenvalue weighted by atomic mass is 15.2. The summed E-state index contributed by atoms with van der Waals surface area (Å²) in [6.45, 7) is 6.58. The minimum atomic E-state index is 0.670. The van der Waals surface area contributed by atoms with E-state index in [4.69, 9.17) is 0 Å². The standard InChI is InChI=1S/C12H21N3/c1-10(2)9-15-8-7-14-12(15)13-6-5-11-3-4-11/h7-8,10-11H,3-6,9H2,1-2H3,(H,13,14). The number of nitrogens with one attached hydrogen (secondary N) is 1. The molecule has 1 aliphatic rings. The number of hydrogen-bond donors (Lipinski definition) is 1. The minimum absolute atomic E-state index is 0.670. The Bertz CT molecular complexity index is 300. The van der Waals surface area contributed by atoms with Crippen molar-refractivity contribution in [3.05, 3.63) is 12.4 Å². The average molecular weight is 207 g/mol. The van der Waals surface area contributed by atoms with Crippen molar-refractivity contribution in [3.8, 4) is 0 Å². The monoisotopic (exact) mass is 207 g/mol. The lowest BCUT2D eigenvalue weighted by molar-refractivity contribution is 0.525. The van der Waals surface area contributed by atoms with Gasteiger partial charge in [0.05, 0.1) is 0 Å². The second-order valence-electron chi connectivity index (χ2n) is 4.96. The van der Waals surface area contributed by atoms with E-state index in [9.17, 15) is 0 Å². The smallest absolute Gasteiger partial charge is 0.202 e. The van der Waals surface area contributed by atoms with E-state index in [0.29, 0.717) is 5.92 Å². The summed E-state index contributed by atoms with van der Waals surface area (Å²) in [6, 6.07) is 0. The van der Waals surface area contributed by atoms with E-state index >= 15 is 0 Å². The number of rotatable bonds is 6. The molecule has 1 aromatic rings. The van der Waals surface area contributed by atoms with Crippen LogP contribution in [0.25, 0.3) is 0 Å². The van der Waals surface area contributed by atoms with E-state index in [1.807, 2.05) is 6.20 Å². The van der Waals surface area contributed by atoms with Gasteiger partial charge in [0.1, 0.15) is 0 Å². The molecule has 1 heterocycles. The Hall–Kier alpha value is -0.990. The van der Waals surface area contributed by atoms with Gasteiger partial charge in [0.2, 0.25) is 5.95 Å². The Labute approximate surface area is 91.9 Å². The van der Waals surface area contributed by atoms with Crippen LogP contribution in [-0.4, -0.2) is 16.1 Å². The highest BCUT2D eigenvalue weighted by Crippen LogP contribution is 2.32. The first-order valence-electron chi connectivity index (χ1n) is 6.00. The summed E-state index contributed by atoms with van der Waals surface area (Å²) in [5.74, 6) is 2.69. The third-order valence-electron chi connectivity index (χ3n) is 2.81. The van der Waals surface area contributed by atoms with Gasteiger partial charge in [-0.2, -0.15) is 0 Å². The lowest BCUT2D eigenvalue weighted by Gasteiger charge is -2.11. The van der Waals surface area contributed by atoms with Crippen LogP contribution in [0.4, 0.5) is 5.95 Å². The fraction of sp³-hybridized carbons (Fsp3) is 0.750. The summed E-state index contributed by atoms with van der Waals surface area (Å²) in [5, 5.41) is 3.42. The van der Waals surface area contributed by atoms with Crippen LogP contribution in [0.5, 0.6) is 0 Å². The molecule has 1 aliphatic carbocycles. The molecule has 1 N–H and O–H groups in total. The molecule has 0 aromatic carbocycles. The van der Waals surface area contributed by atoms with Gasteiger partial charge in [0.15, 0.2) is 0 Å². The Morgan fingerprint density at radius 3 is 3.00 bits per heavy atom. The molecule has 0 atom stereocenters.